The predicted octanol–water partition coefficient (Wildman–Crippen LogP) is 2.63. The molecule has 4 rings (SSSR count). The smallest absolute Gasteiger partial charge is 0.407 e. The van der Waals surface area contributed by atoms with Crippen LogP contribution >= 0.6 is 0 Å². The first-order chi connectivity index (χ1) is 14.1. The molecule has 0 unspecified atom stereocenters. The Hall–Kier alpha value is -3.56. The van der Waals surface area contributed by atoms with Crippen molar-refractivity contribution in [2.45, 2.75) is 25.4 Å². The Labute approximate surface area is 165 Å². The molecule has 1 aromatic carbocycles. The van der Waals surface area contributed by atoms with Crippen molar-refractivity contribution < 1.29 is 19.0 Å². The maximum absolute atomic E-state index is 14.3. The van der Waals surface area contributed by atoms with Gasteiger partial charge in [-0.3, -0.25) is 4.98 Å². The molecular formula is C19H19FN6O3. The lowest BCUT2D eigenvalue weighted by atomic mass is 9.92. The Balaban J connectivity index is 1.39. The quantitative estimate of drug-likeness (QED) is 0.704. The summed E-state index contributed by atoms with van der Waals surface area (Å²) in [7, 11) is 0. The van der Waals surface area contributed by atoms with Crippen LogP contribution in [-0.4, -0.2) is 54.4 Å². The molecule has 0 aliphatic carbocycles. The number of pyridine rings is 1. The minimum absolute atomic E-state index is 0.134. The number of aromatic nitrogens is 5. The van der Waals surface area contributed by atoms with Gasteiger partial charge in [-0.05, 0) is 53.1 Å². The molecule has 0 bridgehead atoms. The van der Waals surface area contributed by atoms with Gasteiger partial charge in [-0.2, -0.15) is 0 Å². The van der Waals surface area contributed by atoms with Crippen molar-refractivity contribution in [2.24, 2.45) is 0 Å². The van der Waals surface area contributed by atoms with Crippen molar-refractivity contribution in [1.29, 1.82) is 0 Å². The van der Waals surface area contributed by atoms with Gasteiger partial charge in [-0.25, -0.2) is 13.9 Å². The summed E-state index contributed by atoms with van der Waals surface area (Å²) >= 11 is 0. The molecule has 0 radical (unpaired) electrons. The summed E-state index contributed by atoms with van der Waals surface area (Å²) < 4.78 is 21.3. The number of rotatable bonds is 5. The summed E-state index contributed by atoms with van der Waals surface area (Å²) in [6.45, 7) is 1.20. The lowest BCUT2D eigenvalue weighted by Gasteiger charge is -2.29. The topological polar surface area (TPSA) is 106 Å². The summed E-state index contributed by atoms with van der Waals surface area (Å²) in [6.07, 6.45) is 3.67. The second kappa shape index (κ2) is 8.21. The highest BCUT2D eigenvalue weighted by molar-refractivity contribution is 5.65. The van der Waals surface area contributed by atoms with E-state index in [9.17, 15) is 9.18 Å². The number of likely N-dealkylation sites (tertiary alicyclic amines) is 1. The third kappa shape index (κ3) is 4.31. The molecule has 10 heteroatoms. The molecular weight excluding hydrogens is 379 g/mol. The van der Waals surface area contributed by atoms with Gasteiger partial charge in [0.25, 0.3) is 0 Å². The highest BCUT2D eigenvalue weighted by Gasteiger charge is 2.24. The highest BCUT2D eigenvalue weighted by Crippen LogP contribution is 2.27. The first-order valence-corrected chi connectivity index (χ1v) is 9.18. The molecule has 29 heavy (non-hydrogen) atoms. The second-order valence-electron chi connectivity index (χ2n) is 6.79. The number of piperidine rings is 1. The number of benzene rings is 1. The number of hydrogen-bond acceptors (Lipinski definition) is 6. The Bertz CT molecular complexity index is 989. The van der Waals surface area contributed by atoms with Gasteiger partial charge >= 0.3 is 6.09 Å². The van der Waals surface area contributed by atoms with Gasteiger partial charge in [-0.15, -0.1) is 5.10 Å². The number of halogens is 1. The standard InChI is InChI=1S/C19H19FN6O3/c20-16-10-15(26-12-22-23-24-26)1-2-18(16)29-11-13-3-6-21-17(9-13)14-4-7-25(8-5-14)19(27)28/h1-3,6,9-10,12,14H,4-5,7-8,11H2,(H,27,28). The molecule has 1 N–H and O–H groups in total. The zero-order valence-corrected chi connectivity index (χ0v) is 15.5. The molecule has 1 fully saturated rings. The van der Waals surface area contributed by atoms with Crippen molar-refractivity contribution in [2.75, 3.05) is 13.1 Å². The Morgan fingerprint density at radius 2 is 2.07 bits per heavy atom. The summed E-state index contributed by atoms with van der Waals surface area (Å²) in [6, 6.07) is 8.27. The van der Waals surface area contributed by atoms with E-state index in [2.05, 4.69) is 20.5 Å². The van der Waals surface area contributed by atoms with Crippen LogP contribution in [-0.2, 0) is 6.61 Å². The largest absolute Gasteiger partial charge is 0.486 e. The van der Waals surface area contributed by atoms with Gasteiger partial charge in [0, 0.05) is 37.0 Å². The molecule has 3 aromatic rings. The summed E-state index contributed by atoms with van der Waals surface area (Å²) in [5.74, 6) is -0.166. The second-order valence-corrected chi connectivity index (χ2v) is 6.79. The van der Waals surface area contributed by atoms with E-state index in [4.69, 9.17) is 9.84 Å². The molecule has 1 aliphatic rings. The predicted molar refractivity (Wildman–Crippen MR) is 99.3 cm³/mol. The highest BCUT2D eigenvalue weighted by atomic mass is 19.1. The van der Waals surface area contributed by atoms with E-state index in [0.717, 1.165) is 24.1 Å². The molecule has 0 saturated carbocycles. The van der Waals surface area contributed by atoms with Gasteiger partial charge in [0.15, 0.2) is 11.6 Å². The first-order valence-electron chi connectivity index (χ1n) is 9.18. The maximum Gasteiger partial charge on any atom is 0.407 e. The number of amides is 1. The fraction of sp³-hybridized carbons (Fsp3) is 0.316. The lowest BCUT2D eigenvalue weighted by molar-refractivity contribution is 0.131. The minimum Gasteiger partial charge on any atom is -0.486 e. The van der Waals surface area contributed by atoms with Gasteiger partial charge in [0.2, 0.25) is 0 Å². The van der Waals surface area contributed by atoms with Crippen molar-refractivity contribution in [1.82, 2.24) is 30.1 Å². The number of tetrazole rings is 1. The molecule has 1 saturated heterocycles. The zero-order valence-electron chi connectivity index (χ0n) is 15.5. The fourth-order valence-corrected chi connectivity index (χ4v) is 3.36. The average Bonchev–Trinajstić information content (AvgIpc) is 3.28. The summed E-state index contributed by atoms with van der Waals surface area (Å²) in [5.41, 5.74) is 2.28. The maximum atomic E-state index is 14.3. The van der Waals surface area contributed by atoms with Gasteiger partial charge in [0.1, 0.15) is 12.9 Å². The molecule has 0 spiro atoms. The summed E-state index contributed by atoms with van der Waals surface area (Å²) in [5, 5.41) is 19.8. The van der Waals surface area contributed by atoms with E-state index < -0.39 is 11.9 Å². The van der Waals surface area contributed by atoms with Crippen LogP contribution < -0.4 is 4.74 Å². The Kier molecular flexibility index (Phi) is 5.32. The number of carboxylic acid groups (broad SMARTS) is 1. The van der Waals surface area contributed by atoms with Crippen LogP contribution in [0.25, 0.3) is 5.69 Å². The van der Waals surface area contributed by atoms with Crippen LogP contribution in [0, 0.1) is 5.82 Å². The number of carbonyl (C=O) groups is 1. The van der Waals surface area contributed by atoms with Crippen LogP contribution in [0.15, 0.2) is 42.9 Å². The number of nitrogens with zero attached hydrogens (tertiary/aromatic N) is 6. The van der Waals surface area contributed by atoms with Gasteiger partial charge in [-0.1, -0.05) is 0 Å². The minimum atomic E-state index is -0.883. The van der Waals surface area contributed by atoms with E-state index in [-0.39, 0.29) is 18.3 Å². The Morgan fingerprint density at radius 1 is 1.24 bits per heavy atom. The number of ether oxygens (including phenoxy) is 1. The molecule has 1 aliphatic heterocycles. The van der Waals surface area contributed by atoms with Crippen LogP contribution in [0.1, 0.15) is 30.0 Å². The molecule has 1 amide bonds. The first kappa shape index (κ1) is 18.8. The normalized spacial score (nSPS) is 14.7. The van der Waals surface area contributed by atoms with E-state index >= 15 is 0 Å². The van der Waals surface area contributed by atoms with Crippen LogP contribution in [0.5, 0.6) is 5.75 Å². The van der Waals surface area contributed by atoms with Gasteiger partial charge in [0.05, 0.1) is 5.69 Å². The van der Waals surface area contributed by atoms with E-state index in [0.29, 0.717) is 18.8 Å². The van der Waals surface area contributed by atoms with Crippen molar-refractivity contribution in [3.8, 4) is 11.4 Å². The molecule has 150 valence electrons. The monoisotopic (exact) mass is 398 g/mol. The van der Waals surface area contributed by atoms with E-state index in [1.165, 1.54) is 28.0 Å². The number of hydrogen-bond donors (Lipinski definition) is 1. The molecule has 0 atom stereocenters. The third-order valence-electron chi connectivity index (χ3n) is 4.95. The van der Waals surface area contributed by atoms with Gasteiger partial charge < -0.3 is 14.7 Å². The third-order valence-corrected chi connectivity index (χ3v) is 4.95. The fourth-order valence-electron chi connectivity index (χ4n) is 3.36. The Morgan fingerprint density at radius 3 is 2.76 bits per heavy atom. The lowest BCUT2D eigenvalue weighted by Crippen LogP contribution is -2.36. The zero-order chi connectivity index (χ0) is 20.2. The van der Waals surface area contributed by atoms with Crippen LogP contribution in [0.3, 0.4) is 0 Å². The SMILES string of the molecule is O=C(O)N1CCC(c2cc(COc3ccc(-n4cnnn4)cc3F)ccn2)CC1. The van der Waals surface area contributed by atoms with E-state index in [1.54, 1.807) is 12.3 Å². The van der Waals surface area contributed by atoms with Crippen molar-refractivity contribution in [3.05, 3.63) is 59.9 Å². The average molecular weight is 398 g/mol. The summed E-state index contributed by atoms with van der Waals surface area (Å²) in [4.78, 5) is 16.9. The molecule has 9 nitrogen and oxygen atoms in total. The molecule has 2 aromatic heterocycles. The molecule has 3 heterocycles. The van der Waals surface area contributed by atoms with Crippen molar-refractivity contribution in [3.63, 3.8) is 0 Å². The van der Waals surface area contributed by atoms with Crippen LogP contribution in [0.4, 0.5) is 9.18 Å². The van der Waals surface area contributed by atoms with E-state index in [1.807, 2.05) is 12.1 Å². The van der Waals surface area contributed by atoms with Crippen LogP contribution in [0.2, 0.25) is 0 Å². The van der Waals surface area contributed by atoms with Crippen molar-refractivity contribution >= 4 is 6.09 Å².